The number of carbonyl (C=O) groups excluding carboxylic acids is 1. The Bertz CT molecular complexity index is 448. The molecule has 0 saturated heterocycles. The molecule has 1 aromatic rings. The summed E-state index contributed by atoms with van der Waals surface area (Å²) >= 11 is 0. The smallest absolute Gasteiger partial charge is 0.224 e. The zero-order valence-corrected chi connectivity index (χ0v) is 11.4. The van der Waals surface area contributed by atoms with Gasteiger partial charge in [0.2, 0.25) is 5.91 Å². The Labute approximate surface area is 109 Å². The van der Waals surface area contributed by atoms with Gasteiger partial charge in [0.25, 0.3) is 0 Å². The van der Waals surface area contributed by atoms with E-state index in [-0.39, 0.29) is 11.9 Å². The summed E-state index contributed by atoms with van der Waals surface area (Å²) in [7, 11) is 1.89. The third kappa shape index (κ3) is 2.72. The zero-order valence-electron chi connectivity index (χ0n) is 11.4. The van der Waals surface area contributed by atoms with Crippen LogP contribution >= 0.6 is 0 Å². The van der Waals surface area contributed by atoms with Gasteiger partial charge in [-0.1, -0.05) is 24.3 Å². The van der Waals surface area contributed by atoms with Crippen LogP contribution in [-0.2, 0) is 11.2 Å². The van der Waals surface area contributed by atoms with Crippen molar-refractivity contribution in [3.05, 3.63) is 35.4 Å². The highest BCUT2D eigenvalue weighted by Crippen LogP contribution is 2.35. The first-order valence-corrected chi connectivity index (χ1v) is 6.51. The summed E-state index contributed by atoms with van der Waals surface area (Å²) in [5.74, 6) is 0.129. The molecule has 98 valence electrons. The monoisotopic (exact) mass is 246 g/mol. The summed E-state index contributed by atoms with van der Waals surface area (Å²) in [6, 6.07) is 8.61. The topological polar surface area (TPSA) is 46.3 Å². The number of nitrogens with zero attached hydrogens (tertiary/aromatic N) is 1. The Morgan fingerprint density at radius 2 is 2.11 bits per heavy atom. The fourth-order valence-corrected chi connectivity index (χ4v) is 2.63. The van der Waals surface area contributed by atoms with E-state index in [9.17, 15) is 4.79 Å². The average Bonchev–Trinajstić information content (AvgIpc) is 2.69. The molecule has 2 N–H and O–H groups in total. The van der Waals surface area contributed by atoms with Crippen molar-refractivity contribution in [2.45, 2.75) is 44.7 Å². The molecule has 1 amide bonds. The van der Waals surface area contributed by atoms with Gasteiger partial charge in [0.15, 0.2) is 0 Å². The first-order chi connectivity index (χ1) is 8.38. The Balaban J connectivity index is 2.12. The summed E-state index contributed by atoms with van der Waals surface area (Å²) in [6.07, 6.45) is 2.47. The van der Waals surface area contributed by atoms with Crippen molar-refractivity contribution in [3.63, 3.8) is 0 Å². The minimum atomic E-state index is -0.441. The molecule has 0 bridgehead atoms. The van der Waals surface area contributed by atoms with Crippen LogP contribution in [-0.4, -0.2) is 23.4 Å². The fourth-order valence-electron chi connectivity index (χ4n) is 2.63. The maximum Gasteiger partial charge on any atom is 0.224 e. The third-order valence-electron chi connectivity index (χ3n) is 3.57. The van der Waals surface area contributed by atoms with Crippen LogP contribution in [0.5, 0.6) is 0 Å². The molecule has 0 aliphatic heterocycles. The lowest BCUT2D eigenvalue weighted by atomic mass is 10.0. The van der Waals surface area contributed by atoms with E-state index in [4.69, 9.17) is 5.73 Å². The summed E-state index contributed by atoms with van der Waals surface area (Å²) < 4.78 is 0. The van der Waals surface area contributed by atoms with Gasteiger partial charge in [-0.05, 0) is 37.8 Å². The van der Waals surface area contributed by atoms with Gasteiger partial charge >= 0.3 is 0 Å². The minimum Gasteiger partial charge on any atom is -0.339 e. The summed E-state index contributed by atoms with van der Waals surface area (Å²) in [5, 5.41) is 0. The highest BCUT2D eigenvalue weighted by atomic mass is 16.2. The molecule has 1 aliphatic rings. The molecule has 0 saturated carbocycles. The molecule has 0 heterocycles. The van der Waals surface area contributed by atoms with Crippen molar-refractivity contribution in [1.29, 1.82) is 0 Å². The van der Waals surface area contributed by atoms with Crippen molar-refractivity contribution in [2.75, 3.05) is 7.05 Å². The first kappa shape index (κ1) is 13.1. The number of benzene rings is 1. The third-order valence-corrected chi connectivity index (χ3v) is 3.57. The van der Waals surface area contributed by atoms with Crippen LogP contribution < -0.4 is 5.73 Å². The van der Waals surface area contributed by atoms with Gasteiger partial charge in [0.05, 0.1) is 6.04 Å². The van der Waals surface area contributed by atoms with E-state index in [1.165, 1.54) is 11.1 Å². The van der Waals surface area contributed by atoms with E-state index in [1.54, 1.807) is 0 Å². The highest BCUT2D eigenvalue weighted by molar-refractivity contribution is 5.77. The van der Waals surface area contributed by atoms with Crippen molar-refractivity contribution in [2.24, 2.45) is 5.73 Å². The Morgan fingerprint density at radius 1 is 1.44 bits per heavy atom. The van der Waals surface area contributed by atoms with E-state index >= 15 is 0 Å². The number of amides is 1. The number of aryl methyl sites for hydroxylation is 1. The molecule has 3 heteroatoms. The van der Waals surface area contributed by atoms with Crippen molar-refractivity contribution < 1.29 is 4.79 Å². The highest BCUT2D eigenvalue weighted by Gasteiger charge is 2.29. The van der Waals surface area contributed by atoms with Gasteiger partial charge in [-0.15, -0.1) is 0 Å². The number of nitrogens with two attached hydrogens (primary N) is 1. The Morgan fingerprint density at radius 3 is 2.78 bits per heavy atom. The number of hydrogen-bond donors (Lipinski definition) is 1. The molecular formula is C15H22N2O. The average molecular weight is 246 g/mol. The normalized spacial score (nSPS) is 18.6. The number of fused-ring (bicyclic) bond motifs is 1. The van der Waals surface area contributed by atoms with Crippen LogP contribution in [0.25, 0.3) is 0 Å². The lowest BCUT2D eigenvalue weighted by Crippen LogP contribution is -2.40. The summed E-state index contributed by atoms with van der Waals surface area (Å²) in [5.41, 5.74) is 8.14. The van der Waals surface area contributed by atoms with Crippen LogP contribution in [0.2, 0.25) is 0 Å². The lowest BCUT2D eigenvalue weighted by molar-refractivity contribution is -0.133. The van der Waals surface area contributed by atoms with Crippen LogP contribution in [0.4, 0.5) is 0 Å². The largest absolute Gasteiger partial charge is 0.339 e. The second-order valence-corrected chi connectivity index (χ2v) is 5.92. The lowest BCUT2D eigenvalue weighted by Gasteiger charge is -2.28. The second kappa shape index (κ2) is 4.73. The van der Waals surface area contributed by atoms with Crippen molar-refractivity contribution in [3.8, 4) is 0 Å². The minimum absolute atomic E-state index is 0.129. The molecule has 2 rings (SSSR count). The van der Waals surface area contributed by atoms with Gasteiger partial charge in [0, 0.05) is 19.0 Å². The number of hydrogen-bond acceptors (Lipinski definition) is 2. The van der Waals surface area contributed by atoms with Crippen LogP contribution in [0.1, 0.15) is 43.9 Å². The van der Waals surface area contributed by atoms with Crippen molar-refractivity contribution in [1.82, 2.24) is 4.90 Å². The van der Waals surface area contributed by atoms with Crippen molar-refractivity contribution >= 4 is 5.91 Å². The molecule has 0 aromatic heterocycles. The molecule has 18 heavy (non-hydrogen) atoms. The molecule has 1 unspecified atom stereocenters. The van der Waals surface area contributed by atoms with E-state index in [0.29, 0.717) is 6.42 Å². The number of carbonyl (C=O) groups is 1. The quantitative estimate of drug-likeness (QED) is 0.889. The molecule has 1 aliphatic carbocycles. The van der Waals surface area contributed by atoms with Gasteiger partial charge < -0.3 is 10.6 Å². The van der Waals surface area contributed by atoms with E-state index in [1.807, 2.05) is 31.9 Å². The maximum absolute atomic E-state index is 12.2. The first-order valence-electron chi connectivity index (χ1n) is 6.51. The summed E-state index contributed by atoms with van der Waals surface area (Å²) in [6.45, 7) is 3.78. The molecule has 0 spiro atoms. The summed E-state index contributed by atoms with van der Waals surface area (Å²) in [4.78, 5) is 14.1. The molecular weight excluding hydrogens is 224 g/mol. The predicted molar refractivity (Wildman–Crippen MR) is 73.2 cm³/mol. The van der Waals surface area contributed by atoms with Gasteiger partial charge in [-0.25, -0.2) is 0 Å². The SMILES string of the molecule is CN(C(=O)CC(C)(C)N)C1CCc2ccccc21. The van der Waals surface area contributed by atoms with E-state index < -0.39 is 5.54 Å². The van der Waals surface area contributed by atoms with Gasteiger partial charge in [-0.2, -0.15) is 0 Å². The molecule has 0 fully saturated rings. The van der Waals surface area contributed by atoms with Crippen LogP contribution in [0.3, 0.4) is 0 Å². The van der Waals surface area contributed by atoms with Crippen LogP contribution in [0, 0.1) is 0 Å². The standard InChI is InChI=1S/C15H22N2O/c1-15(2,16)10-14(18)17(3)13-9-8-11-6-4-5-7-12(11)13/h4-7,13H,8-10,16H2,1-3H3. The van der Waals surface area contributed by atoms with Crippen LogP contribution in [0.15, 0.2) is 24.3 Å². The maximum atomic E-state index is 12.2. The predicted octanol–water partition coefficient (Wildman–Crippen LogP) is 2.26. The van der Waals surface area contributed by atoms with E-state index in [0.717, 1.165) is 12.8 Å². The fraction of sp³-hybridized carbons (Fsp3) is 0.533. The second-order valence-electron chi connectivity index (χ2n) is 5.92. The number of rotatable bonds is 3. The van der Waals surface area contributed by atoms with E-state index in [2.05, 4.69) is 18.2 Å². The molecule has 1 atom stereocenters. The van der Waals surface area contributed by atoms with Gasteiger partial charge in [0.1, 0.15) is 0 Å². The Hall–Kier alpha value is -1.35. The Kier molecular flexibility index (Phi) is 3.44. The molecule has 1 aromatic carbocycles. The zero-order chi connectivity index (χ0) is 13.3. The van der Waals surface area contributed by atoms with Gasteiger partial charge in [-0.3, -0.25) is 4.79 Å². The molecule has 3 nitrogen and oxygen atoms in total. The molecule has 0 radical (unpaired) electrons.